The highest BCUT2D eigenvalue weighted by Gasteiger charge is 2.28. The van der Waals surface area contributed by atoms with Gasteiger partial charge in [-0.2, -0.15) is 0 Å². The topological polar surface area (TPSA) is 18.5 Å². The van der Waals surface area contributed by atoms with E-state index < -0.39 is 0 Å². The number of hydrogen-bond donors (Lipinski definition) is 0. The lowest BCUT2D eigenvalue weighted by Gasteiger charge is -2.13. The normalized spacial score (nSPS) is 16.2. The fourth-order valence-corrected chi connectivity index (χ4v) is 3.60. The largest absolute Gasteiger partial charge is 0.497 e. The first kappa shape index (κ1) is 19.3. The van der Waals surface area contributed by atoms with Gasteiger partial charge in [-0.1, -0.05) is 61.4 Å². The van der Waals surface area contributed by atoms with E-state index in [9.17, 15) is 0 Å². The maximum absolute atomic E-state index is 6.47. The molecule has 2 heteroatoms. The van der Waals surface area contributed by atoms with E-state index in [1.54, 1.807) is 7.11 Å². The Kier molecular flexibility index (Phi) is 6.39. The minimum Gasteiger partial charge on any atom is -0.497 e. The molecule has 0 bridgehead atoms. The van der Waals surface area contributed by atoms with Crippen molar-refractivity contribution in [3.8, 4) is 5.75 Å². The van der Waals surface area contributed by atoms with Crippen LogP contribution in [0.2, 0.25) is 0 Å². The Balaban J connectivity index is 1.94. The van der Waals surface area contributed by atoms with Gasteiger partial charge in [0.15, 0.2) is 0 Å². The van der Waals surface area contributed by atoms with Gasteiger partial charge in [-0.05, 0) is 49.1 Å². The molecule has 2 aromatic rings. The molecule has 3 rings (SSSR count). The summed E-state index contributed by atoms with van der Waals surface area (Å²) in [6, 6.07) is 16.9. The van der Waals surface area contributed by atoms with E-state index in [1.165, 1.54) is 34.3 Å². The van der Waals surface area contributed by atoms with Crippen molar-refractivity contribution in [3.63, 3.8) is 0 Å². The quantitative estimate of drug-likeness (QED) is 0.519. The molecule has 0 radical (unpaired) electrons. The van der Waals surface area contributed by atoms with Gasteiger partial charge in [0.2, 0.25) is 0 Å². The van der Waals surface area contributed by atoms with E-state index in [2.05, 4.69) is 63.2 Å². The van der Waals surface area contributed by atoms with Crippen LogP contribution >= 0.6 is 0 Å². The molecule has 1 unspecified atom stereocenters. The molecule has 0 saturated carbocycles. The molecule has 2 nitrogen and oxygen atoms in total. The van der Waals surface area contributed by atoms with Crippen LogP contribution in [0.15, 0.2) is 59.9 Å². The second-order valence-corrected chi connectivity index (χ2v) is 7.40. The van der Waals surface area contributed by atoms with Crippen LogP contribution in [0.25, 0.3) is 11.6 Å². The van der Waals surface area contributed by atoms with Crippen LogP contribution in [0.4, 0.5) is 0 Å². The summed E-state index contributed by atoms with van der Waals surface area (Å²) >= 11 is 0. The van der Waals surface area contributed by atoms with Crippen LogP contribution in [0.1, 0.15) is 69.2 Å². The zero-order valence-corrected chi connectivity index (χ0v) is 16.9. The molecular weight excluding hydrogens is 332 g/mol. The Morgan fingerprint density at radius 2 is 1.85 bits per heavy atom. The van der Waals surface area contributed by atoms with E-state index in [0.29, 0.717) is 0 Å². The second kappa shape index (κ2) is 8.94. The molecule has 27 heavy (non-hydrogen) atoms. The van der Waals surface area contributed by atoms with Crippen molar-refractivity contribution in [2.24, 2.45) is 0 Å². The highest BCUT2D eigenvalue weighted by atomic mass is 16.5. The maximum Gasteiger partial charge on any atom is 0.127 e. The lowest BCUT2D eigenvalue weighted by Crippen LogP contribution is -1.97. The van der Waals surface area contributed by atoms with Crippen molar-refractivity contribution in [1.82, 2.24) is 0 Å². The molecule has 0 aliphatic carbocycles. The van der Waals surface area contributed by atoms with Gasteiger partial charge in [0.25, 0.3) is 0 Å². The van der Waals surface area contributed by atoms with Crippen molar-refractivity contribution in [3.05, 3.63) is 76.6 Å². The fraction of sp³-hybridized carbons (Fsp3) is 0.360. The van der Waals surface area contributed by atoms with Crippen molar-refractivity contribution >= 4 is 11.6 Å². The summed E-state index contributed by atoms with van der Waals surface area (Å²) in [6.45, 7) is 6.52. The number of ether oxygens (including phenoxy) is 2. The predicted molar refractivity (Wildman–Crippen MR) is 114 cm³/mol. The SMILES string of the molecule is CCCCC1=C(c2ccccc2C=C(C)C)CC(c2ccc(OC)cc2)O1. The van der Waals surface area contributed by atoms with Crippen molar-refractivity contribution in [2.45, 2.75) is 52.6 Å². The zero-order chi connectivity index (χ0) is 19.2. The number of rotatable bonds is 7. The highest BCUT2D eigenvalue weighted by Crippen LogP contribution is 2.44. The number of benzene rings is 2. The summed E-state index contributed by atoms with van der Waals surface area (Å²) < 4.78 is 11.8. The summed E-state index contributed by atoms with van der Waals surface area (Å²) in [4.78, 5) is 0. The standard InChI is InChI=1S/C25H30O2/c1-5-6-11-24-23(22-10-8-7-9-20(22)16-18(2)3)17-25(27-24)19-12-14-21(26-4)15-13-19/h7-10,12-16,25H,5-6,11,17H2,1-4H3. The third-order valence-electron chi connectivity index (χ3n) is 4.99. The molecular formula is C25H30O2. The van der Waals surface area contributed by atoms with Crippen LogP contribution < -0.4 is 4.74 Å². The Bertz CT molecular complexity index is 824. The summed E-state index contributed by atoms with van der Waals surface area (Å²) in [7, 11) is 1.70. The van der Waals surface area contributed by atoms with Crippen LogP contribution in [0.3, 0.4) is 0 Å². The minimum absolute atomic E-state index is 0.0810. The molecule has 0 fully saturated rings. The molecule has 1 heterocycles. The van der Waals surface area contributed by atoms with E-state index in [1.807, 2.05) is 12.1 Å². The second-order valence-electron chi connectivity index (χ2n) is 7.40. The van der Waals surface area contributed by atoms with Crippen LogP contribution in [0, 0.1) is 0 Å². The first-order valence-corrected chi connectivity index (χ1v) is 9.89. The molecule has 0 N–H and O–H groups in total. The third kappa shape index (κ3) is 4.63. The highest BCUT2D eigenvalue weighted by molar-refractivity contribution is 5.77. The minimum atomic E-state index is 0.0810. The van der Waals surface area contributed by atoms with Gasteiger partial charge in [-0.25, -0.2) is 0 Å². The number of allylic oxidation sites excluding steroid dienone is 2. The average molecular weight is 363 g/mol. The van der Waals surface area contributed by atoms with Crippen molar-refractivity contribution < 1.29 is 9.47 Å². The first-order chi connectivity index (χ1) is 13.1. The molecule has 142 valence electrons. The maximum atomic E-state index is 6.47. The lowest BCUT2D eigenvalue weighted by molar-refractivity contribution is 0.137. The summed E-state index contributed by atoms with van der Waals surface area (Å²) in [5.41, 5.74) is 6.46. The Morgan fingerprint density at radius 3 is 2.52 bits per heavy atom. The number of hydrogen-bond acceptors (Lipinski definition) is 2. The Morgan fingerprint density at radius 1 is 1.11 bits per heavy atom. The summed E-state index contributed by atoms with van der Waals surface area (Å²) in [5, 5.41) is 0. The summed E-state index contributed by atoms with van der Waals surface area (Å²) in [5.74, 6) is 2.04. The van der Waals surface area contributed by atoms with E-state index in [4.69, 9.17) is 9.47 Å². The number of unbranched alkanes of at least 4 members (excludes halogenated alkanes) is 1. The Labute approximate surface area is 163 Å². The predicted octanol–water partition coefficient (Wildman–Crippen LogP) is 7.18. The van der Waals surface area contributed by atoms with E-state index in [-0.39, 0.29) is 6.10 Å². The summed E-state index contributed by atoms with van der Waals surface area (Å²) in [6.07, 6.45) is 6.58. The number of methoxy groups -OCH3 is 1. The lowest BCUT2D eigenvalue weighted by atomic mass is 9.92. The third-order valence-corrected chi connectivity index (χ3v) is 4.99. The van der Waals surface area contributed by atoms with Gasteiger partial charge in [-0.3, -0.25) is 0 Å². The first-order valence-electron chi connectivity index (χ1n) is 9.89. The van der Waals surface area contributed by atoms with Gasteiger partial charge in [-0.15, -0.1) is 0 Å². The fourth-order valence-electron chi connectivity index (χ4n) is 3.60. The molecule has 1 aliphatic rings. The van der Waals surface area contributed by atoms with Gasteiger partial charge in [0.05, 0.1) is 7.11 Å². The van der Waals surface area contributed by atoms with Crippen molar-refractivity contribution in [1.29, 1.82) is 0 Å². The molecule has 1 aliphatic heterocycles. The molecule has 2 aromatic carbocycles. The van der Waals surface area contributed by atoms with E-state index in [0.717, 1.165) is 30.8 Å². The van der Waals surface area contributed by atoms with Crippen molar-refractivity contribution in [2.75, 3.05) is 7.11 Å². The molecule has 0 aromatic heterocycles. The van der Waals surface area contributed by atoms with E-state index >= 15 is 0 Å². The molecule has 1 atom stereocenters. The van der Waals surface area contributed by atoms with Gasteiger partial charge in [0.1, 0.15) is 17.6 Å². The smallest absolute Gasteiger partial charge is 0.127 e. The van der Waals surface area contributed by atoms with Crippen LogP contribution in [-0.4, -0.2) is 7.11 Å². The monoisotopic (exact) mass is 362 g/mol. The molecule has 0 saturated heterocycles. The van der Waals surface area contributed by atoms with Gasteiger partial charge >= 0.3 is 0 Å². The van der Waals surface area contributed by atoms with Crippen LogP contribution in [0.5, 0.6) is 5.75 Å². The van der Waals surface area contributed by atoms with Gasteiger partial charge < -0.3 is 9.47 Å². The molecule has 0 amide bonds. The van der Waals surface area contributed by atoms with Gasteiger partial charge in [0, 0.05) is 18.4 Å². The van der Waals surface area contributed by atoms with Crippen LogP contribution in [-0.2, 0) is 4.74 Å². The average Bonchev–Trinajstić information content (AvgIpc) is 3.10. The molecule has 0 spiro atoms. The Hall–Kier alpha value is -2.48. The zero-order valence-electron chi connectivity index (χ0n) is 16.9.